The third-order valence-corrected chi connectivity index (χ3v) is 4.21. The van der Waals surface area contributed by atoms with E-state index in [4.69, 9.17) is 4.74 Å². The van der Waals surface area contributed by atoms with Crippen molar-refractivity contribution in [3.63, 3.8) is 0 Å². The fourth-order valence-corrected chi connectivity index (χ4v) is 3.22. The van der Waals surface area contributed by atoms with Gasteiger partial charge < -0.3 is 9.84 Å². The highest BCUT2D eigenvalue weighted by atomic mass is 79.9. The van der Waals surface area contributed by atoms with Gasteiger partial charge >= 0.3 is 0 Å². The summed E-state index contributed by atoms with van der Waals surface area (Å²) in [4.78, 5) is 0. The van der Waals surface area contributed by atoms with Crippen LogP contribution in [-0.4, -0.2) is 21.5 Å². The molecule has 1 N–H and O–H groups in total. The number of ether oxygens (including phenoxy) is 1. The Morgan fingerprint density at radius 2 is 2.26 bits per heavy atom. The maximum atomic E-state index is 10.7. The molecule has 5 heteroatoms. The number of hydrogen-bond acceptors (Lipinski definition) is 3. The van der Waals surface area contributed by atoms with Crippen molar-refractivity contribution in [1.82, 2.24) is 9.78 Å². The monoisotopic (exact) mass is 322 g/mol. The number of fused-ring (bicyclic) bond motifs is 1. The zero-order valence-corrected chi connectivity index (χ0v) is 12.2. The molecule has 0 bridgehead atoms. The topological polar surface area (TPSA) is 47.3 Å². The van der Waals surface area contributed by atoms with E-state index in [1.807, 2.05) is 31.3 Å². The molecule has 2 unspecified atom stereocenters. The van der Waals surface area contributed by atoms with Gasteiger partial charge in [0.15, 0.2) is 0 Å². The van der Waals surface area contributed by atoms with Crippen LogP contribution >= 0.6 is 15.9 Å². The van der Waals surface area contributed by atoms with E-state index in [9.17, 15) is 5.11 Å². The lowest BCUT2D eigenvalue weighted by Gasteiger charge is -2.29. The quantitative estimate of drug-likeness (QED) is 0.924. The van der Waals surface area contributed by atoms with E-state index in [2.05, 4.69) is 21.0 Å². The first-order chi connectivity index (χ1) is 9.18. The van der Waals surface area contributed by atoms with Crippen LogP contribution in [-0.2, 0) is 7.05 Å². The van der Waals surface area contributed by atoms with Crippen LogP contribution in [0.15, 0.2) is 34.9 Å². The molecule has 0 fully saturated rings. The minimum absolute atomic E-state index is 0.0386. The number of nitrogens with zero attached hydrogens (tertiary/aromatic N) is 2. The predicted octanol–water partition coefficient (Wildman–Crippen LogP) is 2.78. The molecular formula is C14H15BrN2O2. The normalized spacial score (nSPS) is 19.6. The number of hydrogen-bond donors (Lipinski definition) is 1. The maximum Gasteiger partial charge on any atom is 0.122 e. The summed E-state index contributed by atoms with van der Waals surface area (Å²) in [5.41, 5.74) is 1.87. The van der Waals surface area contributed by atoms with Crippen molar-refractivity contribution < 1.29 is 9.84 Å². The van der Waals surface area contributed by atoms with Gasteiger partial charge in [0.25, 0.3) is 0 Å². The molecule has 2 atom stereocenters. The van der Waals surface area contributed by atoms with Gasteiger partial charge in [-0.3, -0.25) is 4.68 Å². The van der Waals surface area contributed by atoms with Crippen LogP contribution < -0.4 is 4.74 Å². The van der Waals surface area contributed by atoms with Crippen LogP contribution in [0.1, 0.15) is 29.7 Å². The molecule has 0 saturated heterocycles. The minimum atomic E-state index is -0.591. The highest BCUT2D eigenvalue weighted by molar-refractivity contribution is 9.10. The van der Waals surface area contributed by atoms with Gasteiger partial charge in [0, 0.05) is 18.5 Å². The summed E-state index contributed by atoms with van der Waals surface area (Å²) in [6, 6.07) is 7.90. The van der Waals surface area contributed by atoms with Crippen molar-refractivity contribution in [3.05, 3.63) is 46.2 Å². The summed E-state index contributed by atoms with van der Waals surface area (Å²) in [5, 5.41) is 14.9. The van der Waals surface area contributed by atoms with E-state index < -0.39 is 6.10 Å². The molecule has 0 saturated carbocycles. The van der Waals surface area contributed by atoms with E-state index in [1.165, 1.54) is 0 Å². The molecule has 19 heavy (non-hydrogen) atoms. The molecule has 1 aliphatic rings. The number of aryl methyl sites for hydroxylation is 1. The van der Waals surface area contributed by atoms with Gasteiger partial charge in [-0.05, 0) is 28.4 Å². The van der Waals surface area contributed by atoms with Gasteiger partial charge in [0.1, 0.15) is 11.9 Å². The largest absolute Gasteiger partial charge is 0.493 e. The van der Waals surface area contributed by atoms with Gasteiger partial charge in [-0.25, -0.2) is 0 Å². The highest BCUT2D eigenvalue weighted by Crippen LogP contribution is 2.42. The van der Waals surface area contributed by atoms with Crippen molar-refractivity contribution in [2.45, 2.75) is 18.4 Å². The maximum absolute atomic E-state index is 10.7. The molecule has 0 spiro atoms. The number of benzene rings is 1. The third-order valence-electron chi connectivity index (χ3n) is 3.60. The summed E-state index contributed by atoms with van der Waals surface area (Å²) < 4.78 is 8.19. The Labute approximate surface area is 120 Å². The lowest BCUT2D eigenvalue weighted by atomic mass is 9.87. The van der Waals surface area contributed by atoms with Gasteiger partial charge in [-0.1, -0.05) is 18.2 Å². The zero-order chi connectivity index (χ0) is 13.4. The summed E-state index contributed by atoms with van der Waals surface area (Å²) in [6.07, 6.45) is 1.92. The minimum Gasteiger partial charge on any atom is -0.493 e. The lowest BCUT2D eigenvalue weighted by molar-refractivity contribution is 0.109. The lowest BCUT2D eigenvalue weighted by Crippen LogP contribution is -2.21. The van der Waals surface area contributed by atoms with Crippen molar-refractivity contribution in [2.24, 2.45) is 7.05 Å². The Morgan fingerprint density at radius 3 is 3.00 bits per heavy atom. The van der Waals surface area contributed by atoms with Gasteiger partial charge in [0.2, 0.25) is 0 Å². The Hall–Kier alpha value is -1.33. The van der Waals surface area contributed by atoms with Crippen molar-refractivity contribution in [2.75, 3.05) is 6.61 Å². The molecule has 0 amide bonds. The average Bonchev–Trinajstić information content (AvgIpc) is 2.77. The van der Waals surface area contributed by atoms with E-state index in [0.717, 1.165) is 27.9 Å². The van der Waals surface area contributed by atoms with Gasteiger partial charge in [0.05, 0.1) is 23.0 Å². The summed E-state index contributed by atoms with van der Waals surface area (Å²) in [6.45, 7) is 0.633. The van der Waals surface area contributed by atoms with E-state index in [1.54, 1.807) is 10.9 Å². The standard InChI is InChI=1S/C14H15BrN2O2/c1-17-13(11(15)8-16-17)14(18)10-6-7-19-12-5-3-2-4-9(10)12/h2-5,8,10,14,18H,6-7H2,1H3. The number of aromatic nitrogens is 2. The van der Waals surface area contributed by atoms with Crippen LogP contribution in [0.25, 0.3) is 0 Å². The number of rotatable bonds is 2. The van der Waals surface area contributed by atoms with Crippen LogP contribution in [0, 0.1) is 0 Å². The van der Waals surface area contributed by atoms with Crippen LogP contribution in [0.4, 0.5) is 0 Å². The van der Waals surface area contributed by atoms with Crippen molar-refractivity contribution >= 4 is 15.9 Å². The average molecular weight is 323 g/mol. The van der Waals surface area contributed by atoms with E-state index in [-0.39, 0.29) is 5.92 Å². The molecule has 1 aromatic carbocycles. The fraction of sp³-hybridized carbons (Fsp3) is 0.357. The Kier molecular flexibility index (Phi) is 3.33. The van der Waals surface area contributed by atoms with Crippen molar-refractivity contribution in [3.8, 4) is 5.75 Å². The number of aliphatic hydroxyl groups is 1. The van der Waals surface area contributed by atoms with Gasteiger partial charge in [-0.2, -0.15) is 5.10 Å². The fourth-order valence-electron chi connectivity index (χ4n) is 2.64. The first kappa shape index (κ1) is 12.7. The van der Waals surface area contributed by atoms with Crippen molar-refractivity contribution in [1.29, 1.82) is 0 Å². The summed E-state index contributed by atoms with van der Waals surface area (Å²) >= 11 is 3.45. The second-order valence-corrected chi connectivity index (χ2v) is 5.58. The highest BCUT2D eigenvalue weighted by Gasteiger charge is 2.31. The molecule has 1 aliphatic heterocycles. The first-order valence-electron chi connectivity index (χ1n) is 6.25. The van der Waals surface area contributed by atoms with Gasteiger partial charge in [-0.15, -0.1) is 0 Å². The number of aliphatic hydroxyl groups excluding tert-OH is 1. The van der Waals surface area contributed by atoms with Crippen LogP contribution in [0.2, 0.25) is 0 Å². The van der Waals surface area contributed by atoms with Crippen LogP contribution in [0.3, 0.4) is 0 Å². The summed E-state index contributed by atoms with van der Waals surface area (Å²) in [7, 11) is 1.84. The van der Waals surface area contributed by atoms with E-state index in [0.29, 0.717) is 6.61 Å². The number of halogens is 1. The van der Waals surface area contributed by atoms with Crippen LogP contribution in [0.5, 0.6) is 5.75 Å². The predicted molar refractivity (Wildman–Crippen MR) is 75.2 cm³/mol. The molecule has 0 radical (unpaired) electrons. The SMILES string of the molecule is Cn1ncc(Br)c1C(O)C1CCOc2ccccc21. The second-order valence-electron chi connectivity index (χ2n) is 4.73. The Balaban J connectivity index is 2.00. The first-order valence-corrected chi connectivity index (χ1v) is 7.05. The Bertz CT molecular complexity index is 577. The van der Waals surface area contributed by atoms with E-state index >= 15 is 0 Å². The molecule has 4 nitrogen and oxygen atoms in total. The zero-order valence-electron chi connectivity index (χ0n) is 10.6. The molecule has 100 valence electrons. The smallest absolute Gasteiger partial charge is 0.122 e. The molecule has 2 aromatic rings. The summed E-state index contributed by atoms with van der Waals surface area (Å²) in [5.74, 6) is 0.910. The molecular weight excluding hydrogens is 308 g/mol. The third kappa shape index (κ3) is 2.17. The molecule has 0 aliphatic carbocycles. The molecule has 1 aromatic heterocycles. The second kappa shape index (κ2) is 4.98. The number of para-hydroxylation sites is 1. The molecule has 3 rings (SSSR count). The Morgan fingerprint density at radius 1 is 1.47 bits per heavy atom. The molecule has 2 heterocycles.